The van der Waals surface area contributed by atoms with Crippen molar-refractivity contribution in [3.05, 3.63) is 35.9 Å². The number of aliphatic carboxylic acids is 1. The molecule has 5 heteroatoms. The van der Waals surface area contributed by atoms with Gasteiger partial charge in [0.25, 0.3) is 0 Å². The highest BCUT2D eigenvalue weighted by Crippen LogP contribution is 2.26. The highest BCUT2D eigenvalue weighted by Gasteiger charge is 2.32. The molecule has 0 fully saturated rings. The van der Waals surface area contributed by atoms with E-state index in [9.17, 15) is 9.59 Å². The van der Waals surface area contributed by atoms with Crippen LogP contribution in [0.1, 0.15) is 19.4 Å². The molecule has 0 saturated heterocycles. The van der Waals surface area contributed by atoms with Gasteiger partial charge in [0, 0.05) is 0 Å². The molecule has 0 bridgehead atoms. The largest absolute Gasteiger partial charge is 0.480 e. The highest BCUT2D eigenvalue weighted by molar-refractivity contribution is 8.15. The van der Waals surface area contributed by atoms with Crippen LogP contribution in [0.4, 0.5) is 0 Å². The Bertz CT molecular complexity index is 431. The molecule has 0 unspecified atom stereocenters. The molecular weight excluding hydrogens is 250 g/mol. The van der Waals surface area contributed by atoms with E-state index in [1.165, 1.54) is 13.8 Å². The minimum atomic E-state index is -1.15. The van der Waals surface area contributed by atoms with E-state index >= 15 is 0 Å². The highest BCUT2D eigenvalue weighted by atomic mass is 32.2. The Balaban J connectivity index is 2.60. The molecule has 0 aliphatic carbocycles. The summed E-state index contributed by atoms with van der Waals surface area (Å²) in [6.07, 6.45) is 0.419. The number of benzene rings is 1. The van der Waals surface area contributed by atoms with Crippen molar-refractivity contribution in [2.24, 2.45) is 5.73 Å². The fourth-order valence-electron chi connectivity index (χ4n) is 1.32. The molecular formula is C13H17NO3S. The van der Waals surface area contributed by atoms with Crippen LogP contribution in [-0.2, 0) is 16.0 Å². The van der Waals surface area contributed by atoms with E-state index in [-0.39, 0.29) is 5.12 Å². The van der Waals surface area contributed by atoms with Gasteiger partial charge in [-0.15, -0.1) is 0 Å². The Kier molecular flexibility index (Phi) is 4.93. The predicted molar refractivity (Wildman–Crippen MR) is 72.4 cm³/mol. The molecule has 0 aliphatic rings. The number of carboxylic acids is 1. The number of carboxylic acid groups (broad SMARTS) is 1. The SMILES string of the molecule is CC(C)(SC(=O)[C@@H](N)Cc1ccccc1)C(=O)O. The standard InChI is InChI=1S/C13H17NO3S/c1-13(2,12(16)17)18-11(15)10(14)8-9-6-4-3-5-7-9/h3-7,10H,8,14H2,1-2H3,(H,16,17)/t10-/m0/s1. The summed E-state index contributed by atoms with van der Waals surface area (Å²) < 4.78 is -1.15. The lowest BCUT2D eigenvalue weighted by molar-refractivity contribution is -0.139. The molecule has 1 aromatic carbocycles. The molecule has 0 aliphatic heterocycles. The van der Waals surface area contributed by atoms with Gasteiger partial charge in [-0.2, -0.15) is 0 Å². The molecule has 3 N–H and O–H groups in total. The first-order valence-corrected chi connectivity index (χ1v) is 6.40. The molecule has 1 rings (SSSR count). The first kappa shape index (κ1) is 14.7. The molecule has 0 saturated carbocycles. The van der Waals surface area contributed by atoms with E-state index in [0.29, 0.717) is 6.42 Å². The van der Waals surface area contributed by atoms with Crippen molar-refractivity contribution in [1.82, 2.24) is 0 Å². The molecule has 4 nitrogen and oxygen atoms in total. The third-order valence-electron chi connectivity index (χ3n) is 2.47. The first-order valence-electron chi connectivity index (χ1n) is 5.58. The third-order valence-corrected chi connectivity index (χ3v) is 3.66. The fraction of sp³-hybridized carbons (Fsp3) is 0.385. The fourth-order valence-corrected chi connectivity index (χ4v) is 2.15. The van der Waals surface area contributed by atoms with Gasteiger partial charge < -0.3 is 10.8 Å². The molecule has 0 amide bonds. The monoisotopic (exact) mass is 267 g/mol. The molecule has 1 atom stereocenters. The summed E-state index contributed by atoms with van der Waals surface area (Å²) in [6, 6.07) is 8.73. The molecule has 0 heterocycles. The average Bonchev–Trinajstić information content (AvgIpc) is 2.29. The Labute approximate surface area is 111 Å². The van der Waals surface area contributed by atoms with Crippen LogP contribution in [0.2, 0.25) is 0 Å². The third kappa shape index (κ3) is 4.16. The summed E-state index contributed by atoms with van der Waals surface area (Å²) >= 11 is 0.774. The van der Waals surface area contributed by atoms with Crippen molar-refractivity contribution < 1.29 is 14.7 Å². The predicted octanol–water partition coefficient (Wildman–Crippen LogP) is 1.68. The van der Waals surface area contributed by atoms with Crippen LogP contribution < -0.4 is 5.73 Å². The number of hydrogen-bond donors (Lipinski definition) is 2. The van der Waals surface area contributed by atoms with E-state index < -0.39 is 16.8 Å². The van der Waals surface area contributed by atoms with Gasteiger partial charge in [-0.1, -0.05) is 42.1 Å². The molecule has 0 radical (unpaired) electrons. The lowest BCUT2D eigenvalue weighted by atomic mass is 10.1. The second kappa shape index (κ2) is 6.02. The van der Waals surface area contributed by atoms with Gasteiger partial charge in [0.2, 0.25) is 5.12 Å². The summed E-state index contributed by atoms with van der Waals surface area (Å²) in [5.41, 5.74) is 6.76. The summed E-state index contributed by atoms with van der Waals surface area (Å²) in [7, 11) is 0. The first-order chi connectivity index (χ1) is 8.33. The van der Waals surface area contributed by atoms with Gasteiger partial charge >= 0.3 is 5.97 Å². The van der Waals surface area contributed by atoms with Crippen molar-refractivity contribution in [2.45, 2.75) is 31.1 Å². The minimum Gasteiger partial charge on any atom is -0.480 e. The Morgan fingerprint density at radius 1 is 1.33 bits per heavy atom. The average molecular weight is 267 g/mol. The van der Waals surface area contributed by atoms with E-state index in [1.54, 1.807) is 0 Å². The molecule has 1 aromatic rings. The maximum Gasteiger partial charge on any atom is 0.319 e. The molecule has 98 valence electrons. The Morgan fingerprint density at radius 3 is 2.39 bits per heavy atom. The van der Waals surface area contributed by atoms with Crippen LogP contribution in [0.3, 0.4) is 0 Å². The zero-order chi connectivity index (χ0) is 13.8. The van der Waals surface area contributed by atoms with Gasteiger partial charge in [-0.25, -0.2) is 0 Å². The molecule has 18 heavy (non-hydrogen) atoms. The second-order valence-corrected chi connectivity index (χ2v) is 6.16. The minimum absolute atomic E-state index is 0.300. The van der Waals surface area contributed by atoms with E-state index in [1.807, 2.05) is 30.3 Å². The van der Waals surface area contributed by atoms with Crippen LogP contribution in [0.15, 0.2) is 30.3 Å². The van der Waals surface area contributed by atoms with E-state index in [2.05, 4.69) is 0 Å². The number of rotatable bonds is 5. The molecule has 0 aromatic heterocycles. The van der Waals surface area contributed by atoms with Gasteiger partial charge in [0.15, 0.2) is 0 Å². The maximum absolute atomic E-state index is 11.8. The molecule has 0 spiro atoms. The van der Waals surface area contributed by atoms with Crippen molar-refractivity contribution in [3.8, 4) is 0 Å². The van der Waals surface area contributed by atoms with Crippen molar-refractivity contribution in [1.29, 1.82) is 0 Å². The summed E-state index contributed by atoms with van der Waals surface area (Å²) in [5.74, 6) is -1.02. The topological polar surface area (TPSA) is 80.4 Å². The summed E-state index contributed by atoms with van der Waals surface area (Å²) in [5, 5.41) is 8.65. The van der Waals surface area contributed by atoms with Gasteiger partial charge in [0.1, 0.15) is 4.75 Å². The number of carbonyl (C=O) groups excluding carboxylic acids is 1. The number of hydrogen-bond acceptors (Lipinski definition) is 4. The van der Waals surface area contributed by atoms with Crippen LogP contribution >= 0.6 is 11.8 Å². The zero-order valence-corrected chi connectivity index (χ0v) is 11.2. The van der Waals surface area contributed by atoms with Crippen LogP contribution in [-0.4, -0.2) is 27.0 Å². The number of thioether (sulfide) groups is 1. The van der Waals surface area contributed by atoms with Gasteiger partial charge in [0.05, 0.1) is 6.04 Å². The van der Waals surface area contributed by atoms with Crippen molar-refractivity contribution in [2.75, 3.05) is 0 Å². The Morgan fingerprint density at radius 2 is 1.89 bits per heavy atom. The zero-order valence-electron chi connectivity index (χ0n) is 10.4. The quantitative estimate of drug-likeness (QED) is 0.848. The van der Waals surface area contributed by atoms with Crippen LogP contribution in [0.25, 0.3) is 0 Å². The lowest BCUT2D eigenvalue weighted by Crippen LogP contribution is -2.36. The summed E-state index contributed by atoms with van der Waals surface area (Å²) in [6.45, 7) is 2.99. The van der Waals surface area contributed by atoms with Gasteiger partial charge in [-0.05, 0) is 25.8 Å². The number of nitrogens with two attached hydrogens (primary N) is 1. The summed E-state index contributed by atoms with van der Waals surface area (Å²) in [4.78, 5) is 22.8. The second-order valence-electron chi connectivity index (χ2n) is 4.53. The number of carbonyl (C=O) groups is 2. The smallest absolute Gasteiger partial charge is 0.319 e. The van der Waals surface area contributed by atoms with Crippen LogP contribution in [0.5, 0.6) is 0 Å². The van der Waals surface area contributed by atoms with Crippen molar-refractivity contribution in [3.63, 3.8) is 0 Å². The van der Waals surface area contributed by atoms with E-state index in [0.717, 1.165) is 17.3 Å². The Hall–Kier alpha value is -1.33. The maximum atomic E-state index is 11.8. The normalized spacial score (nSPS) is 13.1. The van der Waals surface area contributed by atoms with Gasteiger partial charge in [-0.3, -0.25) is 9.59 Å². The van der Waals surface area contributed by atoms with Crippen molar-refractivity contribution >= 4 is 22.8 Å². The lowest BCUT2D eigenvalue weighted by Gasteiger charge is -2.19. The van der Waals surface area contributed by atoms with Crippen LogP contribution in [0, 0.1) is 0 Å². The van der Waals surface area contributed by atoms with E-state index in [4.69, 9.17) is 10.8 Å².